The van der Waals surface area contributed by atoms with Crippen LogP contribution in [0.25, 0.3) is 6.08 Å². The number of pyridine rings is 1. The molecule has 24 heavy (non-hydrogen) atoms. The monoisotopic (exact) mass is 319 g/mol. The van der Waals surface area contributed by atoms with E-state index in [0.717, 1.165) is 33.5 Å². The van der Waals surface area contributed by atoms with Gasteiger partial charge in [-0.25, -0.2) is 0 Å². The van der Waals surface area contributed by atoms with Gasteiger partial charge in [0.2, 0.25) is 0 Å². The number of carbonyl (C=O) groups is 2. The second kappa shape index (κ2) is 6.16. The van der Waals surface area contributed by atoms with Crippen LogP contribution in [0, 0.1) is 27.7 Å². The summed E-state index contributed by atoms with van der Waals surface area (Å²) in [5.41, 5.74) is 6.40. The fraction of sp³-hybridized carbons (Fsp3) is 0.286. The van der Waals surface area contributed by atoms with Crippen LogP contribution in [0.3, 0.4) is 0 Å². The Balaban J connectivity index is 2.02. The second-order valence-corrected chi connectivity index (χ2v) is 6.68. The van der Waals surface area contributed by atoms with Gasteiger partial charge in [-0.05, 0) is 68.2 Å². The van der Waals surface area contributed by atoms with Gasteiger partial charge in [-0.1, -0.05) is 17.7 Å². The Kier molecular flexibility index (Phi) is 4.18. The van der Waals surface area contributed by atoms with Gasteiger partial charge in [0, 0.05) is 18.2 Å². The average molecular weight is 319 g/mol. The molecule has 1 saturated carbocycles. The highest BCUT2D eigenvalue weighted by molar-refractivity contribution is 6.24. The Morgan fingerprint density at radius 1 is 1.00 bits per heavy atom. The number of Topliss-reactive ketones (excluding diaryl/α,β-unsaturated/α-hetero) is 2. The summed E-state index contributed by atoms with van der Waals surface area (Å²) in [4.78, 5) is 29.7. The van der Waals surface area contributed by atoms with Gasteiger partial charge in [-0.3, -0.25) is 14.6 Å². The Morgan fingerprint density at radius 2 is 1.67 bits per heavy atom. The van der Waals surface area contributed by atoms with Crippen LogP contribution in [-0.2, 0) is 9.59 Å². The Labute approximate surface area is 142 Å². The fourth-order valence-corrected chi connectivity index (χ4v) is 3.59. The van der Waals surface area contributed by atoms with Crippen LogP contribution in [0.15, 0.2) is 36.0 Å². The lowest BCUT2D eigenvalue weighted by atomic mass is 9.87. The topological polar surface area (TPSA) is 47.0 Å². The predicted octanol–water partition coefficient (Wildman–Crippen LogP) is 4.02. The Bertz CT molecular complexity index is 854. The number of ketones is 2. The van der Waals surface area contributed by atoms with Gasteiger partial charge in [-0.15, -0.1) is 0 Å². The smallest absolute Gasteiger partial charge is 0.174 e. The van der Waals surface area contributed by atoms with Gasteiger partial charge < -0.3 is 0 Å². The van der Waals surface area contributed by atoms with Crippen LogP contribution in [0.5, 0.6) is 0 Å². The molecule has 1 aliphatic carbocycles. The van der Waals surface area contributed by atoms with E-state index in [4.69, 9.17) is 0 Å². The first kappa shape index (κ1) is 16.3. The van der Waals surface area contributed by atoms with Crippen molar-refractivity contribution in [2.75, 3.05) is 0 Å². The largest absolute Gasteiger partial charge is 0.298 e. The highest BCUT2D eigenvalue weighted by Crippen LogP contribution is 2.36. The third-order valence-corrected chi connectivity index (χ3v) is 4.55. The lowest BCUT2D eigenvalue weighted by Crippen LogP contribution is -2.15. The van der Waals surface area contributed by atoms with Crippen molar-refractivity contribution in [3.05, 3.63) is 69.5 Å². The minimum absolute atomic E-state index is 0.0195. The number of allylic oxidation sites excluding steroid dienone is 1. The van der Waals surface area contributed by atoms with E-state index in [2.05, 4.69) is 4.98 Å². The van der Waals surface area contributed by atoms with Gasteiger partial charge in [0.15, 0.2) is 11.6 Å². The second-order valence-electron chi connectivity index (χ2n) is 6.68. The van der Waals surface area contributed by atoms with E-state index in [-0.39, 0.29) is 18.0 Å². The summed E-state index contributed by atoms with van der Waals surface area (Å²) in [6.45, 7) is 7.95. The van der Waals surface area contributed by atoms with Crippen LogP contribution < -0.4 is 0 Å². The molecule has 0 saturated heterocycles. The van der Waals surface area contributed by atoms with Crippen molar-refractivity contribution < 1.29 is 9.59 Å². The number of hydrogen-bond donors (Lipinski definition) is 0. The number of aryl methyl sites for hydroxylation is 4. The van der Waals surface area contributed by atoms with Crippen molar-refractivity contribution >= 4 is 17.6 Å². The van der Waals surface area contributed by atoms with E-state index in [1.54, 1.807) is 12.3 Å². The first-order chi connectivity index (χ1) is 11.4. The Hall–Kier alpha value is -2.55. The molecule has 0 spiro atoms. The van der Waals surface area contributed by atoms with Crippen molar-refractivity contribution in [2.24, 2.45) is 0 Å². The van der Waals surface area contributed by atoms with Crippen molar-refractivity contribution in [3.63, 3.8) is 0 Å². The Morgan fingerprint density at radius 3 is 2.29 bits per heavy atom. The van der Waals surface area contributed by atoms with Crippen LogP contribution in [0.1, 0.15) is 45.8 Å². The van der Waals surface area contributed by atoms with Gasteiger partial charge in [0.05, 0.1) is 5.69 Å². The fourth-order valence-electron chi connectivity index (χ4n) is 3.59. The van der Waals surface area contributed by atoms with E-state index in [1.165, 1.54) is 0 Å². The molecular weight excluding hydrogens is 298 g/mol. The molecule has 1 fully saturated rings. The molecule has 0 radical (unpaired) electrons. The van der Waals surface area contributed by atoms with Crippen molar-refractivity contribution in [1.82, 2.24) is 4.98 Å². The maximum Gasteiger partial charge on any atom is 0.174 e. The number of aromatic nitrogens is 1. The third kappa shape index (κ3) is 2.94. The molecule has 3 heteroatoms. The molecule has 2 aromatic rings. The van der Waals surface area contributed by atoms with Crippen LogP contribution in [0.4, 0.5) is 0 Å². The van der Waals surface area contributed by atoms with Crippen LogP contribution >= 0.6 is 0 Å². The van der Waals surface area contributed by atoms with E-state index < -0.39 is 5.92 Å². The highest BCUT2D eigenvalue weighted by atomic mass is 16.2. The molecule has 1 aromatic carbocycles. The first-order valence-electron chi connectivity index (χ1n) is 8.14. The summed E-state index contributed by atoms with van der Waals surface area (Å²) >= 11 is 0. The number of hydrogen-bond acceptors (Lipinski definition) is 3. The zero-order chi connectivity index (χ0) is 17.4. The minimum Gasteiger partial charge on any atom is -0.298 e. The summed E-state index contributed by atoms with van der Waals surface area (Å²) in [5, 5.41) is 0. The van der Waals surface area contributed by atoms with Gasteiger partial charge in [0.25, 0.3) is 0 Å². The molecule has 0 N–H and O–H groups in total. The average Bonchev–Trinajstić information content (AvgIpc) is 2.74. The zero-order valence-electron chi connectivity index (χ0n) is 14.5. The molecule has 122 valence electrons. The lowest BCUT2D eigenvalue weighted by Gasteiger charge is -2.15. The molecule has 1 aromatic heterocycles. The lowest BCUT2D eigenvalue weighted by molar-refractivity contribution is -0.123. The summed E-state index contributed by atoms with van der Waals surface area (Å²) in [6.07, 6.45) is 3.66. The normalized spacial score (nSPS) is 19.3. The van der Waals surface area contributed by atoms with Gasteiger partial charge >= 0.3 is 0 Å². The predicted molar refractivity (Wildman–Crippen MR) is 95.0 cm³/mol. The van der Waals surface area contributed by atoms with Gasteiger partial charge in [0.1, 0.15) is 5.92 Å². The number of nitrogens with zero attached hydrogens (tertiary/aromatic N) is 1. The molecule has 1 heterocycles. The molecule has 0 bridgehead atoms. The van der Waals surface area contributed by atoms with E-state index in [1.807, 2.05) is 52.0 Å². The third-order valence-electron chi connectivity index (χ3n) is 4.55. The maximum absolute atomic E-state index is 12.9. The minimum atomic E-state index is -0.665. The summed E-state index contributed by atoms with van der Waals surface area (Å²) < 4.78 is 0. The summed E-state index contributed by atoms with van der Waals surface area (Å²) in [6, 6.07) is 7.89. The molecule has 3 nitrogen and oxygen atoms in total. The number of carbonyl (C=O) groups excluding carboxylic acids is 2. The molecular formula is C21H21NO2. The molecule has 3 rings (SSSR count). The van der Waals surface area contributed by atoms with Crippen LogP contribution in [0.2, 0.25) is 0 Å². The van der Waals surface area contributed by atoms with Crippen LogP contribution in [-0.4, -0.2) is 16.6 Å². The molecule has 0 amide bonds. The van der Waals surface area contributed by atoms with E-state index >= 15 is 0 Å². The molecule has 1 aliphatic rings. The van der Waals surface area contributed by atoms with Crippen molar-refractivity contribution in [3.8, 4) is 0 Å². The molecule has 0 aliphatic heterocycles. The quantitative estimate of drug-likeness (QED) is 0.620. The molecule has 1 atom stereocenters. The number of rotatable bonds is 2. The van der Waals surface area contributed by atoms with E-state index in [9.17, 15) is 9.59 Å². The summed E-state index contributed by atoms with van der Waals surface area (Å²) in [5.74, 6) is -0.769. The molecule has 1 unspecified atom stereocenters. The van der Waals surface area contributed by atoms with E-state index in [0.29, 0.717) is 5.57 Å². The summed E-state index contributed by atoms with van der Waals surface area (Å²) in [7, 11) is 0. The van der Waals surface area contributed by atoms with Gasteiger partial charge in [-0.2, -0.15) is 0 Å². The maximum atomic E-state index is 12.9. The standard InChI is InChI=1S/C21H21NO2/c1-12-5-6-22-17(9-12)10-16-11-18(23)20(21(16)24)19-14(3)7-13(2)8-15(19)4/h5-10,20H,11H2,1-4H3. The SMILES string of the molecule is Cc1ccnc(C=C2CC(=O)C(c3c(C)cc(C)cc3C)C2=O)c1. The highest BCUT2D eigenvalue weighted by Gasteiger charge is 2.39. The van der Waals surface area contributed by atoms with Crippen molar-refractivity contribution in [2.45, 2.75) is 40.0 Å². The number of benzene rings is 1. The zero-order valence-corrected chi connectivity index (χ0v) is 14.5. The first-order valence-corrected chi connectivity index (χ1v) is 8.14. The van der Waals surface area contributed by atoms with Crippen molar-refractivity contribution in [1.29, 1.82) is 0 Å².